The van der Waals surface area contributed by atoms with E-state index in [0.29, 0.717) is 38.4 Å². The van der Waals surface area contributed by atoms with Crippen molar-refractivity contribution >= 4 is 52.6 Å². The molecule has 0 radical (unpaired) electrons. The fourth-order valence-electron chi connectivity index (χ4n) is 3.22. The molecule has 0 bridgehead atoms. The molecule has 4 rings (SSSR count). The second-order valence-electron chi connectivity index (χ2n) is 7.33. The van der Waals surface area contributed by atoms with E-state index in [4.69, 9.17) is 21.1 Å². The Morgan fingerprint density at radius 1 is 1.11 bits per heavy atom. The number of amides is 2. The zero-order valence-corrected chi connectivity index (χ0v) is 20.1. The van der Waals surface area contributed by atoms with Crippen LogP contribution in [0.5, 0.6) is 11.5 Å². The topological polar surface area (TPSA) is 88.7 Å². The molecule has 35 heavy (non-hydrogen) atoms. The Bertz CT molecular complexity index is 1290. The molecule has 1 fully saturated rings. The second kappa shape index (κ2) is 11.2. The van der Waals surface area contributed by atoms with Gasteiger partial charge in [-0.05, 0) is 48.0 Å². The number of halogens is 2. The molecule has 3 aromatic rings. The highest BCUT2D eigenvalue weighted by Gasteiger charge is 2.27. The number of carbonyl (C=O) groups is 2. The van der Waals surface area contributed by atoms with Gasteiger partial charge in [-0.3, -0.25) is 9.59 Å². The van der Waals surface area contributed by atoms with Crippen molar-refractivity contribution in [1.29, 1.82) is 0 Å². The lowest BCUT2D eigenvalue weighted by molar-refractivity contribution is -0.118. The highest BCUT2D eigenvalue weighted by molar-refractivity contribution is 8.05. The Balaban J connectivity index is 1.39. The fraction of sp³-hybridized carbons (Fsp3) is 0.120. The number of hydrogen-bond acceptors (Lipinski definition) is 6. The number of nitrogens with one attached hydrogen (secondary N) is 3. The molecule has 1 heterocycles. The van der Waals surface area contributed by atoms with Crippen LogP contribution in [0, 0.1) is 5.82 Å². The molecule has 10 heteroatoms. The average molecular weight is 514 g/mol. The molecule has 1 unspecified atom stereocenters. The summed E-state index contributed by atoms with van der Waals surface area (Å²) >= 11 is 7.29. The van der Waals surface area contributed by atoms with Crippen LogP contribution in [-0.4, -0.2) is 31.0 Å². The first-order chi connectivity index (χ1) is 16.9. The number of rotatable bonds is 8. The van der Waals surface area contributed by atoms with Crippen molar-refractivity contribution < 1.29 is 23.5 Å². The lowest BCUT2D eigenvalue weighted by atomic mass is 10.2. The highest BCUT2D eigenvalue weighted by Crippen LogP contribution is 2.33. The van der Waals surface area contributed by atoms with Gasteiger partial charge in [0.25, 0.3) is 11.8 Å². The van der Waals surface area contributed by atoms with Gasteiger partial charge in [0, 0.05) is 0 Å². The predicted molar refractivity (Wildman–Crippen MR) is 136 cm³/mol. The summed E-state index contributed by atoms with van der Waals surface area (Å²) in [7, 11) is 1.48. The van der Waals surface area contributed by atoms with E-state index in [1.807, 2.05) is 0 Å². The summed E-state index contributed by atoms with van der Waals surface area (Å²) < 4.78 is 24.9. The van der Waals surface area contributed by atoms with Crippen molar-refractivity contribution in [3.8, 4) is 11.5 Å². The van der Waals surface area contributed by atoms with Crippen LogP contribution >= 0.6 is 23.4 Å². The van der Waals surface area contributed by atoms with Crippen LogP contribution in [0.25, 0.3) is 6.08 Å². The van der Waals surface area contributed by atoms with Gasteiger partial charge in [-0.1, -0.05) is 53.7 Å². The minimum absolute atomic E-state index is 0.246. The molecule has 2 amide bonds. The Hall–Kier alpha value is -3.69. The molecule has 1 aliphatic heterocycles. The normalized spacial score (nSPS) is 16.0. The molecule has 3 aromatic carbocycles. The number of thioether (sulfide) groups is 1. The maximum Gasteiger partial charge on any atom is 0.262 e. The first kappa shape index (κ1) is 24.4. The van der Waals surface area contributed by atoms with Crippen molar-refractivity contribution in [3.05, 3.63) is 88.0 Å². The number of methoxy groups -OCH3 is 1. The SMILES string of the molecule is COc1cc(/C=C2\SC(Nc3ccccc3F)NC2=O)ccc1OCC(=O)Nc1ccccc1Cl. The summed E-state index contributed by atoms with van der Waals surface area (Å²) in [6, 6.07) is 18.2. The summed E-state index contributed by atoms with van der Waals surface area (Å²) in [5, 5.41) is 8.84. The minimum atomic E-state index is -0.508. The van der Waals surface area contributed by atoms with Crippen molar-refractivity contribution in [1.82, 2.24) is 5.32 Å². The molecule has 1 aliphatic rings. The number of benzene rings is 3. The van der Waals surface area contributed by atoms with Crippen LogP contribution < -0.4 is 25.4 Å². The van der Waals surface area contributed by atoms with Crippen molar-refractivity contribution in [2.45, 2.75) is 5.50 Å². The zero-order chi connectivity index (χ0) is 24.8. The van der Waals surface area contributed by atoms with E-state index in [2.05, 4.69) is 16.0 Å². The molecule has 1 saturated heterocycles. The Kier molecular flexibility index (Phi) is 7.79. The van der Waals surface area contributed by atoms with Crippen LogP contribution in [0.1, 0.15) is 5.56 Å². The molecule has 3 N–H and O–H groups in total. The summed E-state index contributed by atoms with van der Waals surface area (Å²) in [4.78, 5) is 25.1. The number of ether oxygens (including phenoxy) is 2. The number of para-hydroxylation sites is 2. The molecule has 1 atom stereocenters. The van der Waals surface area contributed by atoms with Gasteiger partial charge in [-0.15, -0.1) is 0 Å². The lowest BCUT2D eigenvalue weighted by Crippen LogP contribution is -2.31. The van der Waals surface area contributed by atoms with Crippen LogP contribution in [0.3, 0.4) is 0 Å². The van der Waals surface area contributed by atoms with E-state index in [-0.39, 0.29) is 18.4 Å². The van der Waals surface area contributed by atoms with Gasteiger partial charge in [0.1, 0.15) is 5.82 Å². The van der Waals surface area contributed by atoms with Crippen molar-refractivity contribution in [2.75, 3.05) is 24.4 Å². The minimum Gasteiger partial charge on any atom is -0.493 e. The third-order valence-electron chi connectivity index (χ3n) is 4.88. The summed E-state index contributed by atoms with van der Waals surface area (Å²) in [6.45, 7) is -0.246. The summed E-state index contributed by atoms with van der Waals surface area (Å²) in [5.74, 6) is -0.292. The van der Waals surface area contributed by atoms with E-state index in [1.165, 1.54) is 24.9 Å². The number of hydrogen-bond donors (Lipinski definition) is 3. The van der Waals surface area contributed by atoms with Gasteiger partial charge >= 0.3 is 0 Å². The molecule has 0 saturated carbocycles. The molecular weight excluding hydrogens is 493 g/mol. The molecule has 180 valence electrons. The van der Waals surface area contributed by atoms with Gasteiger partial charge in [0.2, 0.25) is 0 Å². The van der Waals surface area contributed by atoms with Gasteiger partial charge in [-0.2, -0.15) is 0 Å². The Morgan fingerprint density at radius 2 is 1.86 bits per heavy atom. The third kappa shape index (κ3) is 6.26. The van der Waals surface area contributed by atoms with Crippen molar-refractivity contribution in [3.63, 3.8) is 0 Å². The molecule has 0 spiro atoms. The van der Waals surface area contributed by atoms with E-state index in [9.17, 15) is 14.0 Å². The van der Waals surface area contributed by atoms with E-state index >= 15 is 0 Å². The quantitative estimate of drug-likeness (QED) is 0.363. The van der Waals surface area contributed by atoms with E-state index in [0.717, 1.165) is 0 Å². The molecular formula is C25H21ClFN3O4S. The second-order valence-corrected chi connectivity index (χ2v) is 8.89. The number of anilines is 2. The first-order valence-electron chi connectivity index (χ1n) is 10.5. The average Bonchev–Trinajstić information content (AvgIpc) is 3.19. The summed E-state index contributed by atoms with van der Waals surface area (Å²) in [5.41, 5.74) is 0.978. The Labute approximate surface area is 210 Å². The van der Waals surface area contributed by atoms with E-state index in [1.54, 1.807) is 66.7 Å². The third-order valence-corrected chi connectivity index (χ3v) is 6.24. The zero-order valence-electron chi connectivity index (χ0n) is 18.5. The fourth-order valence-corrected chi connectivity index (χ4v) is 4.38. The molecule has 0 aliphatic carbocycles. The van der Waals surface area contributed by atoms with Gasteiger partial charge in [0.05, 0.1) is 28.4 Å². The van der Waals surface area contributed by atoms with Crippen LogP contribution in [0.4, 0.5) is 15.8 Å². The molecule has 0 aromatic heterocycles. The molecule has 7 nitrogen and oxygen atoms in total. The summed E-state index contributed by atoms with van der Waals surface area (Å²) in [6.07, 6.45) is 1.69. The van der Waals surface area contributed by atoms with Gasteiger partial charge in [-0.25, -0.2) is 4.39 Å². The standard InChI is InChI=1S/C25H21ClFN3O4S/c1-33-21-12-15(10-11-20(21)34-14-23(31)28-18-8-4-2-6-16(18)26)13-22-24(32)30-25(35-22)29-19-9-5-3-7-17(19)27/h2-13,25,29H,14H2,1H3,(H,28,31)(H,30,32)/b22-13-. The van der Waals surface area contributed by atoms with E-state index < -0.39 is 11.3 Å². The van der Waals surface area contributed by atoms with Gasteiger partial charge in [0.15, 0.2) is 23.6 Å². The smallest absolute Gasteiger partial charge is 0.262 e. The number of carbonyl (C=O) groups excluding carboxylic acids is 2. The maximum absolute atomic E-state index is 13.9. The van der Waals surface area contributed by atoms with Gasteiger partial charge < -0.3 is 25.4 Å². The van der Waals surface area contributed by atoms with Crippen LogP contribution in [0.15, 0.2) is 71.6 Å². The lowest BCUT2D eigenvalue weighted by Gasteiger charge is -2.13. The predicted octanol–water partition coefficient (Wildman–Crippen LogP) is 5.10. The monoisotopic (exact) mass is 513 g/mol. The largest absolute Gasteiger partial charge is 0.493 e. The van der Waals surface area contributed by atoms with Crippen molar-refractivity contribution in [2.24, 2.45) is 0 Å². The highest BCUT2D eigenvalue weighted by atomic mass is 35.5. The first-order valence-corrected chi connectivity index (χ1v) is 11.7. The maximum atomic E-state index is 13.9. The van der Waals surface area contributed by atoms with Crippen LogP contribution in [-0.2, 0) is 9.59 Å². The van der Waals surface area contributed by atoms with Crippen LogP contribution in [0.2, 0.25) is 5.02 Å². The Morgan fingerprint density at radius 3 is 2.60 bits per heavy atom.